The molecule has 0 aliphatic heterocycles. The number of hydrogen-bond acceptors (Lipinski definition) is 4. The van der Waals surface area contributed by atoms with Crippen molar-refractivity contribution < 1.29 is 17.3 Å². The first-order chi connectivity index (χ1) is 9.63. The molecule has 0 aliphatic rings. The van der Waals surface area contributed by atoms with E-state index in [4.69, 9.17) is 8.92 Å². The summed E-state index contributed by atoms with van der Waals surface area (Å²) in [6, 6.07) is 16.0. The second kappa shape index (κ2) is 6.54. The second-order valence-electron chi connectivity index (χ2n) is 4.08. The molecule has 2 aromatic rings. The Bertz CT molecular complexity index is 651. The fourth-order valence-corrected chi connectivity index (χ4v) is 2.79. The minimum atomic E-state index is -3.77. The summed E-state index contributed by atoms with van der Waals surface area (Å²) in [5.41, 5.74) is 0.969. The van der Waals surface area contributed by atoms with Gasteiger partial charge in [-0.2, -0.15) is 8.42 Å². The summed E-state index contributed by atoms with van der Waals surface area (Å²) in [6.45, 7) is 2.03. The largest absolute Gasteiger partial charge is 0.487 e. The molecule has 2 aromatic carbocycles. The van der Waals surface area contributed by atoms with Gasteiger partial charge in [-0.25, -0.2) is 0 Å². The minimum Gasteiger partial charge on any atom is -0.487 e. The maximum absolute atomic E-state index is 12.0. The van der Waals surface area contributed by atoms with Crippen molar-refractivity contribution in [2.75, 3.05) is 6.61 Å². The fourth-order valence-electron chi connectivity index (χ4n) is 1.73. The van der Waals surface area contributed by atoms with Crippen molar-refractivity contribution in [1.29, 1.82) is 0 Å². The average Bonchev–Trinajstić information content (AvgIpc) is 2.46. The molecule has 0 aliphatic carbocycles. The molecule has 0 fully saturated rings. The van der Waals surface area contributed by atoms with Crippen molar-refractivity contribution >= 4 is 10.1 Å². The topological polar surface area (TPSA) is 52.6 Å². The van der Waals surface area contributed by atoms with Crippen LogP contribution in [0.5, 0.6) is 5.75 Å². The number of hydrogen-bond donors (Lipinski definition) is 0. The molecule has 0 heterocycles. The molecule has 0 unspecified atom stereocenters. The van der Waals surface area contributed by atoms with Crippen LogP contribution in [0.25, 0.3) is 0 Å². The molecular weight excluding hydrogens is 276 g/mol. The Kier molecular flexibility index (Phi) is 4.76. The van der Waals surface area contributed by atoms with E-state index in [0.717, 1.165) is 5.56 Å². The highest BCUT2D eigenvalue weighted by molar-refractivity contribution is 7.86. The molecule has 0 spiro atoms. The van der Waals surface area contributed by atoms with Crippen LogP contribution < -0.4 is 4.74 Å². The summed E-state index contributed by atoms with van der Waals surface area (Å²) in [6.07, 6.45) is 0. The van der Waals surface area contributed by atoms with E-state index in [0.29, 0.717) is 12.4 Å². The van der Waals surface area contributed by atoms with Crippen LogP contribution in [0.2, 0.25) is 0 Å². The lowest BCUT2D eigenvalue weighted by Crippen LogP contribution is -2.08. The normalized spacial score (nSPS) is 11.2. The van der Waals surface area contributed by atoms with Crippen LogP contribution in [0.15, 0.2) is 59.5 Å². The van der Waals surface area contributed by atoms with Gasteiger partial charge in [-0.1, -0.05) is 42.5 Å². The van der Waals surface area contributed by atoms with Gasteiger partial charge in [0.2, 0.25) is 0 Å². The molecule has 20 heavy (non-hydrogen) atoms. The van der Waals surface area contributed by atoms with E-state index in [2.05, 4.69) is 0 Å². The Balaban J connectivity index is 2.21. The van der Waals surface area contributed by atoms with Crippen molar-refractivity contribution in [3.05, 3.63) is 60.2 Å². The Labute approximate surface area is 119 Å². The van der Waals surface area contributed by atoms with E-state index in [1.54, 1.807) is 25.1 Å². The molecule has 0 bridgehead atoms. The number of benzene rings is 2. The molecule has 0 amide bonds. The van der Waals surface area contributed by atoms with Crippen LogP contribution in [0.3, 0.4) is 0 Å². The molecule has 2 rings (SSSR count). The highest BCUT2D eigenvalue weighted by Crippen LogP contribution is 2.25. The molecule has 0 saturated carbocycles. The van der Waals surface area contributed by atoms with E-state index in [9.17, 15) is 8.42 Å². The first kappa shape index (κ1) is 14.6. The molecule has 0 atom stereocenters. The molecular formula is C15H16O4S. The van der Waals surface area contributed by atoms with Crippen molar-refractivity contribution in [2.45, 2.75) is 18.4 Å². The monoisotopic (exact) mass is 292 g/mol. The van der Waals surface area contributed by atoms with E-state index in [1.165, 1.54) is 6.07 Å². The van der Waals surface area contributed by atoms with Crippen molar-refractivity contribution in [3.8, 4) is 5.75 Å². The molecule has 0 N–H and O–H groups in total. The second-order valence-corrected chi connectivity index (χ2v) is 5.67. The van der Waals surface area contributed by atoms with Crippen molar-refractivity contribution in [3.63, 3.8) is 0 Å². The van der Waals surface area contributed by atoms with Crippen molar-refractivity contribution in [1.82, 2.24) is 0 Å². The van der Waals surface area contributed by atoms with Crippen LogP contribution in [0.1, 0.15) is 12.5 Å². The zero-order chi connectivity index (χ0) is 14.4. The van der Waals surface area contributed by atoms with E-state index in [-0.39, 0.29) is 11.5 Å². The summed E-state index contributed by atoms with van der Waals surface area (Å²) < 4.78 is 34.3. The quantitative estimate of drug-likeness (QED) is 0.768. The van der Waals surface area contributed by atoms with Gasteiger partial charge in [0.05, 0.1) is 6.61 Å². The predicted octanol–water partition coefficient (Wildman–Crippen LogP) is 2.99. The lowest BCUT2D eigenvalue weighted by atomic mass is 10.2. The van der Waals surface area contributed by atoms with Crippen LogP contribution in [0.4, 0.5) is 0 Å². The fraction of sp³-hybridized carbons (Fsp3) is 0.200. The summed E-state index contributed by atoms with van der Waals surface area (Å²) in [7, 11) is -3.77. The standard InChI is InChI=1S/C15H16O4S/c1-2-19-20(16,17)15-11-7-6-10-14(15)18-12-13-8-4-3-5-9-13/h3-11H,2,12H2,1H3. The van der Waals surface area contributed by atoms with Crippen molar-refractivity contribution in [2.24, 2.45) is 0 Å². The van der Waals surface area contributed by atoms with Gasteiger partial charge in [0.1, 0.15) is 17.3 Å². The Morgan fingerprint density at radius 2 is 1.60 bits per heavy atom. The average molecular weight is 292 g/mol. The lowest BCUT2D eigenvalue weighted by molar-refractivity contribution is 0.291. The summed E-state index contributed by atoms with van der Waals surface area (Å²) in [4.78, 5) is 0.0535. The third-order valence-corrected chi connectivity index (χ3v) is 4.05. The molecule has 0 saturated heterocycles. The molecule has 106 valence electrons. The third-order valence-electron chi connectivity index (χ3n) is 2.63. The molecule has 0 radical (unpaired) electrons. The SMILES string of the molecule is CCOS(=O)(=O)c1ccccc1OCc1ccccc1. The zero-order valence-corrected chi connectivity index (χ0v) is 12.0. The number of ether oxygens (including phenoxy) is 1. The Morgan fingerprint density at radius 3 is 2.30 bits per heavy atom. The minimum absolute atomic E-state index is 0.0535. The molecule has 4 nitrogen and oxygen atoms in total. The van der Waals surface area contributed by atoms with Gasteiger partial charge < -0.3 is 4.74 Å². The van der Waals surface area contributed by atoms with Gasteiger partial charge in [-0.15, -0.1) is 0 Å². The number of para-hydroxylation sites is 1. The maximum atomic E-state index is 12.0. The van der Waals surface area contributed by atoms with Crippen LogP contribution >= 0.6 is 0 Å². The molecule has 0 aromatic heterocycles. The zero-order valence-electron chi connectivity index (χ0n) is 11.2. The highest BCUT2D eigenvalue weighted by Gasteiger charge is 2.19. The van der Waals surface area contributed by atoms with Crippen LogP contribution in [-0.4, -0.2) is 15.0 Å². The first-order valence-electron chi connectivity index (χ1n) is 6.28. The third kappa shape index (κ3) is 3.59. The Hall–Kier alpha value is -1.85. The van der Waals surface area contributed by atoms with Crippen LogP contribution in [0, 0.1) is 0 Å². The summed E-state index contributed by atoms with van der Waals surface area (Å²) >= 11 is 0. The lowest BCUT2D eigenvalue weighted by Gasteiger charge is -2.11. The van der Waals surface area contributed by atoms with Gasteiger partial charge in [-0.05, 0) is 24.6 Å². The van der Waals surface area contributed by atoms with Gasteiger partial charge in [0.15, 0.2) is 0 Å². The maximum Gasteiger partial charge on any atom is 0.300 e. The summed E-state index contributed by atoms with van der Waals surface area (Å²) in [5.74, 6) is 0.296. The molecule has 5 heteroatoms. The summed E-state index contributed by atoms with van der Waals surface area (Å²) in [5, 5.41) is 0. The predicted molar refractivity (Wildman–Crippen MR) is 76.0 cm³/mol. The van der Waals surface area contributed by atoms with Gasteiger partial charge in [-0.3, -0.25) is 4.18 Å². The highest BCUT2D eigenvalue weighted by atomic mass is 32.2. The van der Waals surface area contributed by atoms with E-state index >= 15 is 0 Å². The first-order valence-corrected chi connectivity index (χ1v) is 7.69. The van der Waals surface area contributed by atoms with E-state index < -0.39 is 10.1 Å². The van der Waals surface area contributed by atoms with Gasteiger partial charge in [0.25, 0.3) is 0 Å². The Morgan fingerprint density at radius 1 is 0.950 bits per heavy atom. The number of rotatable bonds is 6. The van der Waals surface area contributed by atoms with Crippen LogP contribution in [-0.2, 0) is 20.9 Å². The van der Waals surface area contributed by atoms with E-state index in [1.807, 2.05) is 30.3 Å². The van der Waals surface area contributed by atoms with Gasteiger partial charge >= 0.3 is 10.1 Å². The van der Waals surface area contributed by atoms with Gasteiger partial charge in [0, 0.05) is 0 Å². The smallest absolute Gasteiger partial charge is 0.300 e.